The number of carboxylic acid groups (broad SMARTS) is 1. The number of aromatic carboxylic acids is 1. The minimum Gasteiger partial charge on any atom is -0.478 e. The van der Waals surface area contributed by atoms with Crippen molar-refractivity contribution in [2.24, 2.45) is 0 Å². The molecule has 1 N–H and O–H groups in total. The Kier molecular flexibility index (Phi) is 3.86. The molecule has 2 aromatic heterocycles. The van der Waals surface area contributed by atoms with Crippen LogP contribution in [-0.4, -0.2) is 16.1 Å². The van der Waals surface area contributed by atoms with Crippen molar-refractivity contribution in [3.8, 4) is 21.7 Å². The van der Waals surface area contributed by atoms with Gasteiger partial charge in [-0.2, -0.15) is 0 Å². The first-order chi connectivity index (χ1) is 10.2. The Bertz CT molecular complexity index is 786. The van der Waals surface area contributed by atoms with Crippen molar-refractivity contribution in [1.29, 1.82) is 0 Å². The monoisotopic (exact) mass is 359 g/mol. The zero-order valence-corrected chi connectivity index (χ0v) is 13.2. The number of thiophene rings is 1. The highest BCUT2D eigenvalue weighted by atomic mass is 79.9. The third kappa shape index (κ3) is 2.75. The van der Waals surface area contributed by atoms with Gasteiger partial charge in [0.15, 0.2) is 0 Å². The van der Waals surface area contributed by atoms with Gasteiger partial charge in [-0.05, 0) is 39.0 Å². The lowest BCUT2D eigenvalue weighted by molar-refractivity contribution is 0.0696. The lowest BCUT2D eigenvalue weighted by Crippen LogP contribution is -2.03. The number of rotatable bonds is 3. The van der Waals surface area contributed by atoms with Crippen molar-refractivity contribution in [3.05, 3.63) is 64.1 Å². The molecule has 0 aliphatic carbocycles. The van der Waals surface area contributed by atoms with Crippen LogP contribution in [0.15, 0.2) is 58.5 Å². The highest BCUT2D eigenvalue weighted by Gasteiger charge is 2.19. The van der Waals surface area contributed by atoms with Crippen LogP contribution >= 0.6 is 27.3 Å². The van der Waals surface area contributed by atoms with Gasteiger partial charge in [-0.25, -0.2) is 9.78 Å². The van der Waals surface area contributed by atoms with E-state index in [0.29, 0.717) is 10.2 Å². The molecule has 5 heteroatoms. The van der Waals surface area contributed by atoms with Gasteiger partial charge >= 0.3 is 5.97 Å². The maximum Gasteiger partial charge on any atom is 0.339 e. The maximum atomic E-state index is 11.5. The van der Waals surface area contributed by atoms with Crippen molar-refractivity contribution >= 4 is 33.2 Å². The summed E-state index contributed by atoms with van der Waals surface area (Å²) in [7, 11) is 0. The first-order valence-electron chi connectivity index (χ1n) is 6.20. The van der Waals surface area contributed by atoms with Gasteiger partial charge in [0.25, 0.3) is 0 Å². The van der Waals surface area contributed by atoms with Gasteiger partial charge in [0, 0.05) is 5.56 Å². The molecule has 2 heterocycles. The van der Waals surface area contributed by atoms with E-state index in [4.69, 9.17) is 0 Å². The summed E-state index contributed by atoms with van der Waals surface area (Å²) in [5.74, 6) is -0.994. The standard InChI is InChI=1S/C16H10BrNO2S/c17-15-14(16(19)20)11(10-5-2-1-3-6-10)9-12(18-15)13-7-4-8-21-13/h1-9H,(H,19,20). The summed E-state index contributed by atoms with van der Waals surface area (Å²) in [6.45, 7) is 0. The molecule has 3 rings (SSSR count). The molecule has 0 saturated carbocycles. The van der Waals surface area contributed by atoms with Crippen LogP contribution in [0.25, 0.3) is 21.7 Å². The second-order valence-electron chi connectivity index (χ2n) is 4.37. The third-order valence-corrected chi connectivity index (χ3v) is 4.51. The molecule has 3 nitrogen and oxygen atoms in total. The molecule has 21 heavy (non-hydrogen) atoms. The smallest absolute Gasteiger partial charge is 0.339 e. The zero-order chi connectivity index (χ0) is 14.8. The Morgan fingerprint density at radius 1 is 1.14 bits per heavy atom. The average Bonchev–Trinajstić information content (AvgIpc) is 3.01. The highest BCUT2D eigenvalue weighted by Crippen LogP contribution is 2.34. The fraction of sp³-hybridized carbons (Fsp3) is 0. The zero-order valence-electron chi connectivity index (χ0n) is 10.8. The van der Waals surface area contributed by atoms with E-state index >= 15 is 0 Å². The Morgan fingerprint density at radius 3 is 2.52 bits per heavy atom. The van der Waals surface area contributed by atoms with E-state index in [1.54, 1.807) is 11.3 Å². The number of aromatic nitrogens is 1. The van der Waals surface area contributed by atoms with Gasteiger partial charge in [0.05, 0.1) is 10.6 Å². The molecule has 0 unspecified atom stereocenters. The minimum atomic E-state index is -0.994. The van der Waals surface area contributed by atoms with Crippen molar-refractivity contribution in [1.82, 2.24) is 4.98 Å². The fourth-order valence-electron chi connectivity index (χ4n) is 2.11. The summed E-state index contributed by atoms with van der Waals surface area (Å²) in [4.78, 5) is 16.9. The van der Waals surface area contributed by atoms with E-state index in [1.807, 2.05) is 53.9 Å². The van der Waals surface area contributed by atoms with Gasteiger partial charge in [0.1, 0.15) is 10.2 Å². The summed E-state index contributed by atoms with van der Waals surface area (Å²) < 4.78 is 0.347. The van der Waals surface area contributed by atoms with Gasteiger partial charge < -0.3 is 5.11 Å². The summed E-state index contributed by atoms with van der Waals surface area (Å²) >= 11 is 4.87. The van der Waals surface area contributed by atoms with Crippen LogP contribution in [0.5, 0.6) is 0 Å². The molecule has 3 aromatic rings. The van der Waals surface area contributed by atoms with E-state index in [9.17, 15) is 9.90 Å². The maximum absolute atomic E-state index is 11.5. The molecule has 0 spiro atoms. The topological polar surface area (TPSA) is 50.2 Å². The number of hydrogen-bond donors (Lipinski definition) is 1. The summed E-state index contributed by atoms with van der Waals surface area (Å²) in [6, 6.07) is 15.2. The average molecular weight is 360 g/mol. The molecule has 0 aliphatic heterocycles. The van der Waals surface area contributed by atoms with Crippen LogP contribution in [0, 0.1) is 0 Å². The molecule has 1 aromatic carbocycles. The van der Waals surface area contributed by atoms with Gasteiger partial charge in [-0.3, -0.25) is 0 Å². The van der Waals surface area contributed by atoms with Gasteiger partial charge in [-0.15, -0.1) is 11.3 Å². The summed E-state index contributed by atoms with van der Waals surface area (Å²) in [6.07, 6.45) is 0. The van der Waals surface area contributed by atoms with Gasteiger partial charge in [-0.1, -0.05) is 36.4 Å². The quantitative estimate of drug-likeness (QED) is 0.674. The molecule has 0 fully saturated rings. The Labute approximate surface area is 134 Å². The first kappa shape index (κ1) is 14.0. The predicted octanol–water partition coefficient (Wildman–Crippen LogP) is 4.94. The molecule has 0 amide bonds. The number of carboxylic acids is 1. The lowest BCUT2D eigenvalue weighted by Gasteiger charge is -2.10. The van der Waals surface area contributed by atoms with Crippen molar-refractivity contribution in [2.75, 3.05) is 0 Å². The number of carbonyl (C=O) groups is 1. The molecular formula is C16H10BrNO2S. The molecule has 0 bridgehead atoms. The minimum absolute atomic E-state index is 0.182. The molecule has 0 atom stereocenters. The van der Waals surface area contributed by atoms with Crippen LogP contribution in [0.2, 0.25) is 0 Å². The van der Waals surface area contributed by atoms with E-state index < -0.39 is 5.97 Å². The van der Waals surface area contributed by atoms with E-state index in [1.165, 1.54) is 0 Å². The predicted molar refractivity (Wildman–Crippen MR) is 87.6 cm³/mol. The second-order valence-corrected chi connectivity index (χ2v) is 6.07. The summed E-state index contributed by atoms with van der Waals surface area (Å²) in [5, 5.41) is 11.4. The molecule has 0 aliphatic rings. The normalized spacial score (nSPS) is 10.5. The highest BCUT2D eigenvalue weighted by molar-refractivity contribution is 9.10. The first-order valence-corrected chi connectivity index (χ1v) is 7.87. The van der Waals surface area contributed by atoms with Crippen molar-refractivity contribution in [2.45, 2.75) is 0 Å². The number of hydrogen-bond acceptors (Lipinski definition) is 3. The molecule has 0 saturated heterocycles. The van der Waals surface area contributed by atoms with Crippen molar-refractivity contribution < 1.29 is 9.90 Å². The van der Waals surface area contributed by atoms with Crippen LogP contribution in [0.1, 0.15) is 10.4 Å². The lowest BCUT2D eigenvalue weighted by atomic mass is 10.0. The van der Waals surface area contributed by atoms with Crippen LogP contribution < -0.4 is 0 Å². The molecule has 0 radical (unpaired) electrons. The van der Waals surface area contributed by atoms with E-state index in [2.05, 4.69) is 20.9 Å². The third-order valence-electron chi connectivity index (χ3n) is 3.05. The van der Waals surface area contributed by atoms with Crippen LogP contribution in [0.4, 0.5) is 0 Å². The van der Waals surface area contributed by atoms with Crippen LogP contribution in [-0.2, 0) is 0 Å². The number of benzene rings is 1. The Hall–Kier alpha value is -1.98. The molecular weight excluding hydrogens is 350 g/mol. The van der Waals surface area contributed by atoms with E-state index in [0.717, 1.165) is 16.1 Å². The molecule has 104 valence electrons. The van der Waals surface area contributed by atoms with Crippen molar-refractivity contribution in [3.63, 3.8) is 0 Å². The second kappa shape index (κ2) is 5.79. The summed E-state index contributed by atoms with van der Waals surface area (Å²) in [5.41, 5.74) is 2.46. The largest absolute Gasteiger partial charge is 0.478 e. The van der Waals surface area contributed by atoms with Gasteiger partial charge in [0.2, 0.25) is 0 Å². The Balaban J connectivity index is 2.27. The fourth-order valence-corrected chi connectivity index (χ4v) is 3.37. The Morgan fingerprint density at radius 2 is 1.90 bits per heavy atom. The number of pyridine rings is 1. The SMILES string of the molecule is O=C(O)c1c(-c2ccccc2)cc(-c2cccs2)nc1Br. The number of halogens is 1. The number of nitrogens with zero attached hydrogens (tertiary/aromatic N) is 1. The van der Waals surface area contributed by atoms with E-state index in [-0.39, 0.29) is 5.56 Å². The van der Waals surface area contributed by atoms with Crippen LogP contribution in [0.3, 0.4) is 0 Å².